The SMILES string of the molecule is Cc1cc(-n2cccc2[C@H]2[C@@H](c3ccccn3)NC(=S)N2C[C@@H]2CCCO2)ccc1Cl. The quantitative estimate of drug-likeness (QED) is 0.552. The van der Waals surface area contributed by atoms with Crippen molar-refractivity contribution in [3.63, 3.8) is 0 Å². The maximum Gasteiger partial charge on any atom is 0.170 e. The smallest absolute Gasteiger partial charge is 0.170 e. The van der Waals surface area contributed by atoms with Crippen molar-refractivity contribution in [3.05, 3.63) is 82.9 Å². The summed E-state index contributed by atoms with van der Waals surface area (Å²) in [6.45, 7) is 3.62. The van der Waals surface area contributed by atoms with Crippen molar-refractivity contribution < 1.29 is 4.74 Å². The van der Waals surface area contributed by atoms with Crippen molar-refractivity contribution in [1.29, 1.82) is 0 Å². The standard InChI is InChI=1S/C24H25ClN4OS/c1-16-14-17(9-10-19(16)25)28-12-4-8-21(28)23-22(20-7-2-3-11-26-20)27-24(31)29(23)15-18-6-5-13-30-18/h2-4,7-12,14,18,22-23H,5-6,13,15H2,1H3,(H,27,31)/t18-,22+,23-/m0/s1. The zero-order chi connectivity index (χ0) is 21.4. The lowest BCUT2D eigenvalue weighted by Gasteiger charge is -2.30. The van der Waals surface area contributed by atoms with Gasteiger partial charge >= 0.3 is 0 Å². The van der Waals surface area contributed by atoms with Crippen molar-refractivity contribution in [2.24, 2.45) is 0 Å². The largest absolute Gasteiger partial charge is 0.376 e. The Balaban J connectivity index is 1.57. The van der Waals surface area contributed by atoms with E-state index >= 15 is 0 Å². The molecular weight excluding hydrogens is 428 g/mol. The third kappa shape index (κ3) is 3.95. The fourth-order valence-corrected chi connectivity index (χ4v) is 5.01. The summed E-state index contributed by atoms with van der Waals surface area (Å²) in [6.07, 6.45) is 6.30. The zero-order valence-electron chi connectivity index (χ0n) is 17.4. The van der Waals surface area contributed by atoms with Crippen molar-refractivity contribution in [2.75, 3.05) is 13.2 Å². The van der Waals surface area contributed by atoms with E-state index in [0.29, 0.717) is 0 Å². The highest BCUT2D eigenvalue weighted by atomic mass is 35.5. The van der Waals surface area contributed by atoms with Crippen molar-refractivity contribution in [3.8, 4) is 5.69 Å². The summed E-state index contributed by atoms with van der Waals surface area (Å²) in [6, 6.07) is 16.4. The Morgan fingerprint density at radius 3 is 2.87 bits per heavy atom. The van der Waals surface area contributed by atoms with Crippen LogP contribution in [-0.2, 0) is 4.74 Å². The molecule has 2 aliphatic heterocycles. The minimum atomic E-state index is -0.0443. The van der Waals surface area contributed by atoms with Crippen LogP contribution in [0, 0.1) is 6.92 Å². The molecule has 0 bridgehead atoms. The second-order valence-electron chi connectivity index (χ2n) is 8.15. The summed E-state index contributed by atoms with van der Waals surface area (Å²) in [5.74, 6) is 0. The molecule has 4 heterocycles. The number of benzene rings is 1. The number of rotatable bonds is 5. The summed E-state index contributed by atoms with van der Waals surface area (Å²) < 4.78 is 8.17. The molecule has 5 rings (SSSR count). The van der Waals surface area contributed by atoms with E-state index in [0.717, 1.165) is 58.8 Å². The molecule has 0 aliphatic carbocycles. The topological polar surface area (TPSA) is 42.3 Å². The fourth-order valence-electron chi connectivity index (χ4n) is 4.58. The van der Waals surface area contributed by atoms with Gasteiger partial charge in [-0.25, -0.2) is 0 Å². The van der Waals surface area contributed by atoms with Crippen LogP contribution in [0.3, 0.4) is 0 Å². The molecule has 0 saturated carbocycles. The van der Waals surface area contributed by atoms with Gasteiger partial charge in [-0.1, -0.05) is 17.7 Å². The molecule has 160 valence electrons. The molecule has 2 fully saturated rings. The zero-order valence-corrected chi connectivity index (χ0v) is 18.9. The number of ether oxygens (including phenoxy) is 1. The van der Waals surface area contributed by atoms with E-state index in [1.54, 1.807) is 0 Å². The maximum atomic E-state index is 6.28. The van der Waals surface area contributed by atoms with E-state index in [1.165, 1.54) is 0 Å². The molecule has 0 amide bonds. The van der Waals surface area contributed by atoms with Gasteiger partial charge in [0, 0.05) is 41.9 Å². The molecule has 5 nitrogen and oxygen atoms in total. The predicted molar refractivity (Wildman–Crippen MR) is 127 cm³/mol. The Morgan fingerprint density at radius 2 is 2.13 bits per heavy atom. The van der Waals surface area contributed by atoms with Gasteiger partial charge < -0.3 is 19.5 Å². The first kappa shape index (κ1) is 20.5. The van der Waals surface area contributed by atoms with Crippen molar-refractivity contribution in [1.82, 2.24) is 19.8 Å². The van der Waals surface area contributed by atoms with Crippen LogP contribution in [0.1, 0.15) is 41.9 Å². The number of pyridine rings is 1. The molecule has 1 aromatic carbocycles. The van der Waals surface area contributed by atoms with Gasteiger partial charge in [-0.15, -0.1) is 0 Å². The molecule has 31 heavy (non-hydrogen) atoms. The van der Waals surface area contributed by atoms with E-state index in [-0.39, 0.29) is 18.2 Å². The molecule has 2 saturated heterocycles. The van der Waals surface area contributed by atoms with E-state index in [4.69, 9.17) is 28.6 Å². The average molecular weight is 453 g/mol. The normalized spacial score (nSPS) is 23.4. The molecule has 1 N–H and O–H groups in total. The molecule has 3 atom stereocenters. The Hall–Kier alpha value is -2.41. The first-order valence-corrected chi connectivity index (χ1v) is 11.4. The van der Waals surface area contributed by atoms with Crippen LogP contribution in [0.4, 0.5) is 0 Å². The van der Waals surface area contributed by atoms with E-state index < -0.39 is 0 Å². The fraction of sp³-hybridized carbons (Fsp3) is 0.333. The third-order valence-corrected chi connectivity index (χ3v) is 6.90. The molecule has 0 radical (unpaired) electrons. The van der Waals surface area contributed by atoms with Gasteiger partial charge in [0.25, 0.3) is 0 Å². The van der Waals surface area contributed by atoms with Crippen molar-refractivity contribution in [2.45, 2.75) is 38.0 Å². The number of thiocarbonyl (C=S) groups is 1. The monoisotopic (exact) mass is 452 g/mol. The molecule has 7 heteroatoms. The van der Waals surface area contributed by atoms with Gasteiger partial charge in [-0.2, -0.15) is 0 Å². The van der Waals surface area contributed by atoms with Gasteiger partial charge in [0.1, 0.15) is 0 Å². The highest BCUT2D eigenvalue weighted by Gasteiger charge is 2.42. The molecule has 0 spiro atoms. The Morgan fingerprint density at radius 1 is 1.23 bits per heavy atom. The lowest BCUT2D eigenvalue weighted by Crippen LogP contribution is -2.36. The van der Waals surface area contributed by atoms with E-state index in [9.17, 15) is 0 Å². The highest BCUT2D eigenvalue weighted by Crippen LogP contribution is 2.40. The van der Waals surface area contributed by atoms with Crippen LogP contribution in [-0.4, -0.2) is 38.8 Å². The second kappa shape index (κ2) is 8.61. The van der Waals surface area contributed by atoms with Crippen LogP contribution in [0.5, 0.6) is 0 Å². The van der Waals surface area contributed by atoms with Crippen LogP contribution in [0.15, 0.2) is 60.9 Å². The third-order valence-electron chi connectivity index (χ3n) is 6.13. The molecule has 2 aliphatic rings. The number of nitrogens with one attached hydrogen (secondary N) is 1. The summed E-state index contributed by atoms with van der Waals surface area (Å²) in [5.41, 5.74) is 4.26. The van der Waals surface area contributed by atoms with E-state index in [1.807, 2.05) is 31.3 Å². The number of hydrogen-bond donors (Lipinski definition) is 1. The Kier molecular flexibility index (Phi) is 5.69. The number of hydrogen-bond acceptors (Lipinski definition) is 3. The lowest BCUT2D eigenvalue weighted by molar-refractivity contribution is 0.0836. The van der Waals surface area contributed by atoms with Gasteiger partial charge in [0.05, 0.1) is 23.9 Å². The predicted octanol–water partition coefficient (Wildman–Crippen LogP) is 4.99. The van der Waals surface area contributed by atoms with Crippen LogP contribution in [0.25, 0.3) is 5.69 Å². The first-order valence-electron chi connectivity index (χ1n) is 10.7. The summed E-state index contributed by atoms with van der Waals surface area (Å²) in [5, 5.41) is 5.05. The lowest BCUT2D eigenvalue weighted by atomic mass is 10.0. The van der Waals surface area contributed by atoms with Gasteiger partial charge in [0.2, 0.25) is 0 Å². The Labute approximate surface area is 193 Å². The minimum absolute atomic E-state index is 0.00224. The maximum absolute atomic E-state index is 6.28. The van der Waals surface area contributed by atoms with Gasteiger partial charge in [-0.05, 0) is 80.0 Å². The molecule has 0 unspecified atom stereocenters. The minimum Gasteiger partial charge on any atom is -0.376 e. The Bertz CT molecular complexity index is 1080. The van der Waals surface area contributed by atoms with E-state index in [2.05, 4.69) is 56.3 Å². The highest BCUT2D eigenvalue weighted by molar-refractivity contribution is 7.80. The summed E-state index contributed by atoms with van der Waals surface area (Å²) in [4.78, 5) is 6.92. The number of nitrogens with zero attached hydrogens (tertiary/aromatic N) is 3. The summed E-state index contributed by atoms with van der Waals surface area (Å²) >= 11 is 12.1. The van der Waals surface area contributed by atoms with Crippen LogP contribution >= 0.6 is 23.8 Å². The van der Waals surface area contributed by atoms with Crippen molar-refractivity contribution >= 4 is 28.9 Å². The number of halogens is 1. The molecule has 2 aromatic heterocycles. The second-order valence-corrected chi connectivity index (χ2v) is 8.94. The van der Waals surface area contributed by atoms with Gasteiger partial charge in [0.15, 0.2) is 5.11 Å². The first-order chi connectivity index (χ1) is 15.1. The molecular formula is C24H25ClN4OS. The summed E-state index contributed by atoms with van der Waals surface area (Å²) in [7, 11) is 0. The number of aryl methyl sites for hydroxylation is 1. The van der Waals surface area contributed by atoms with Crippen LogP contribution in [0.2, 0.25) is 5.02 Å². The average Bonchev–Trinajstić information content (AvgIpc) is 3.52. The van der Waals surface area contributed by atoms with Gasteiger partial charge in [-0.3, -0.25) is 4.98 Å². The van der Waals surface area contributed by atoms with Crippen LogP contribution < -0.4 is 5.32 Å². The molecule has 3 aromatic rings. The number of aromatic nitrogens is 2.